The van der Waals surface area contributed by atoms with Crippen LogP contribution in [0.1, 0.15) is 24.4 Å². The second-order valence-corrected chi connectivity index (χ2v) is 6.85. The number of methoxy groups -OCH3 is 1. The molecule has 1 amide bonds. The van der Waals surface area contributed by atoms with Crippen molar-refractivity contribution >= 4 is 16.7 Å². The van der Waals surface area contributed by atoms with E-state index in [4.69, 9.17) is 4.74 Å². The van der Waals surface area contributed by atoms with E-state index in [-0.39, 0.29) is 24.1 Å². The Morgan fingerprint density at radius 2 is 1.96 bits per heavy atom. The van der Waals surface area contributed by atoms with Crippen LogP contribution in [0, 0.1) is 5.92 Å². The maximum absolute atomic E-state index is 12.6. The molecule has 2 aromatic carbocycles. The third-order valence-electron chi connectivity index (χ3n) is 4.94. The summed E-state index contributed by atoms with van der Waals surface area (Å²) in [5.74, 6) is 1.00. The Labute approximate surface area is 156 Å². The first kappa shape index (κ1) is 17.3. The van der Waals surface area contributed by atoms with Crippen molar-refractivity contribution in [2.45, 2.75) is 25.4 Å². The molecule has 1 unspecified atom stereocenters. The zero-order chi connectivity index (χ0) is 18.8. The van der Waals surface area contributed by atoms with E-state index >= 15 is 0 Å². The van der Waals surface area contributed by atoms with Crippen molar-refractivity contribution in [3.05, 3.63) is 70.6 Å². The summed E-state index contributed by atoms with van der Waals surface area (Å²) in [6.07, 6.45) is 3.79. The highest BCUT2D eigenvalue weighted by Crippen LogP contribution is 2.41. The molecule has 6 nitrogen and oxygen atoms in total. The Hall–Kier alpha value is -3.15. The Kier molecular flexibility index (Phi) is 4.62. The van der Waals surface area contributed by atoms with E-state index in [0.29, 0.717) is 11.3 Å². The summed E-state index contributed by atoms with van der Waals surface area (Å²) in [6, 6.07) is 14.9. The number of carbonyl (C=O) groups excluding carboxylic acids is 1. The fraction of sp³-hybridized carbons (Fsp3) is 0.286. The SMILES string of the molecule is COc1ccc(C(NC(=O)Cn2ncc3ccccc3c2=O)C2CC2)cc1. The van der Waals surface area contributed by atoms with E-state index < -0.39 is 0 Å². The molecule has 0 spiro atoms. The summed E-state index contributed by atoms with van der Waals surface area (Å²) in [5, 5.41) is 8.55. The van der Waals surface area contributed by atoms with Crippen LogP contribution in [-0.4, -0.2) is 22.8 Å². The number of hydrogen-bond donors (Lipinski definition) is 1. The van der Waals surface area contributed by atoms with Crippen LogP contribution in [0.2, 0.25) is 0 Å². The van der Waals surface area contributed by atoms with Crippen LogP contribution < -0.4 is 15.6 Å². The molecule has 1 heterocycles. The molecule has 0 aliphatic heterocycles. The molecule has 4 rings (SSSR count). The number of benzene rings is 2. The highest BCUT2D eigenvalue weighted by molar-refractivity contribution is 5.81. The van der Waals surface area contributed by atoms with Crippen LogP contribution in [0.4, 0.5) is 0 Å². The van der Waals surface area contributed by atoms with Crippen LogP contribution in [0.3, 0.4) is 0 Å². The third-order valence-corrected chi connectivity index (χ3v) is 4.94. The molecule has 1 aromatic heterocycles. The van der Waals surface area contributed by atoms with E-state index in [1.54, 1.807) is 25.4 Å². The van der Waals surface area contributed by atoms with Gasteiger partial charge in [0.2, 0.25) is 5.91 Å². The van der Waals surface area contributed by atoms with Crippen molar-refractivity contribution in [3.8, 4) is 5.75 Å². The van der Waals surface area contributed by atoms with Crippen molar-refractivity contribution in [3.63, 3.8) is 0 Å². The van der Waals surface area contributed by atoms with Crippen molar-refractivity contribution < 1.29 is 9.53 Å². The quantitative estimate of drug-likeness (QED) is 0.731. The Bertz CT molecular complexity index is 1020. The number of amides is 1. The summed E-state index contributed by atoms with van der Waals surface area (Å²) >= 11 is 0. The summed E-state index contributed by atoms with van der Waals surface area (Å²) in [4.78, 5) is 25.1. The zero-order valence-corrected chi connectivity index (χ0v) is 15.1. The van der Waals surface area contributed by atoms with Gasteiger partial charge in [-0.3, -0.25) is 9.59 Å². The summed E-state index contributed by atoms with van der Waals surface area (Å²) in [7, 11) is 1.63. The molecule has 1 aliphatic rings. The molecule has 1 atom stereocenters. The van der Waals surface area contributed by atoms with E-state index in [1.807, 2.05) is 36.4 Å². The Morgan fingerprint density at radius 1 is 1.22 bits per heavy atom. The molecule has 1 fully saturated rings. The van der Waals surface area contributed by atoms with Gasteiger partial charge < -0.3 is 10.1 Å². The predicted molar refractivity (Wildman–Crippen MR) is 103 cm³/mol. The lowest BCUT2D eigenvalue weighted by atomic mass is 10.0. The highest BCUT2D eigenvalue weighted by atomic mass is 16.5. The fourth-order valence-corrected chi connectivity index (χ4v) is 3.31. The summed E-state index contributed by atoms with van der Waals surface area (Å²) in [6.45, 7) is -0.0942. The van der Waals surface area contributed by atoms with Crippen molar-refractivity contribution in [1.29, 1.82) is 0 Å². The van der Waals surface area contributed by atoms with Crippen LogP contribution in [0.25, 0.3) is 10.8 Å². The predicted octanol–water partition coefficient (Wildman–Crippen LogP) is 2.67. The van der Waals surface area contributed by atoms with Crippen LogP contribution >= 0.6 is 0 Å². The molecule has 1 saturated carbocycles. The van der Waals surface area contributed by atoms with Crippen molar-refractivity contribution in [2.24, 2.45) is 5.92 Å². The monoisotopic (exact) mass is 363 g/mol. The van der Waals surface area contributed by atoms with E-state index in [2.05, 4.69) is 10.4 Å². The summed E-state index contributed by atoms with van der Waals surface area (Å²) < 4.78 is 6.42. The fourth-order valence-electron chi connectivity index (χ4n) is 3.31. The van der Waals surface area contributed by atoms with Gasteiger partial charge in [0, 0.05) is 5.39 Å². The smallest absolute Gasteiger partial charge is 0.275 e. The number of ether oxygens (including phenoxy) is 1. The Morgan fingerprint density at radius 3 is 2.67 bits per heavy atom. The lowest BCUT2D eigenvalue weighted by molar-refractivity contribution is -0.122. The first-order valence-corrected chi connectivity index (χ1v) is 9.04. The van der Waals surface area contributed by atoms with Crippen LogP contribution in [0.15, 0.2) is 59.5 Å². The molecular weight excluding hydrogens is 342 g/mol. The number of nitrogens with one attached hydrogen (secondary N) is 1. The first-order valence-electron chi connectivity index (χ1n) is 9.04. The molecule has 138 valence electrons. The molecule has 0 bridgehead atoms. The zero-order valence-electron chi connectivity index (χ0n) is 15.1. The van der Waals surface area contributed by atoms with Gasteiger partial charge in [-0.15, -0.1) is 0 Å². The average Bonchev–Trinajstić information content (AvgIpc) is 3.54. The van der Waals surface area contributed by atoms with Crippen molar-refractivity contribution in [2.75, 3.05) is 7.11 Å². The normalized spacial score (nSPS) is 14.7. The maximum Gasteiger partial charge on any atom is 0.275 e. The second kappa shape index (κ2) is 7.23. The van der Waals surface area contributed by atoms with Crippen molar-refractivity contribution in [1.82, 2.24) is 15.1 Å². The number of aromatic nitrogens is 2. The van der Waals surface area contributed by atoms with Crippen LogP contribution in [-0.2, 0) is 11.3 Å². The molecular formula is C21H21N3O3. The van der Waals surface area contributed by atoms with E-state index in [9.17, 15) is 9.59 Å². The third kappa shape index (κ3) is 3.69. The number of hydrogen-bond acceptors (Lipinski definition) is 4. The van der Waals surface area contributed by atoms with Gasteiger partial charge in [0.05, 0.1) is 24.7 Å². The van der Waals surface area contributed by atoms with Gasteiger partial charge in [-0.2, -0.15) is 5.10 Å². The highest BCUT2D eigenvalue weighted by Gasteiger charge is 2.33. The minimum atomic E-state index is -0.254. The van der Waals surface area contributed by atoms with Gasteiger partial charge in [-0.1, -0.05) is 30.3 Å². The van der Waals surface area contributed by atoms with Gasteiger partial charge >= 0.3 is 0 Å². The lowest BCUT2D eigenvalue weighted by Gasteiger charge is -2.19. The molecule has 6 heteroatoms. The molecule has 0 saturated heterocycles. The number of rotatable bonds is 6. The molecule has 0 radical (unpaired) electrons. The topological polar surface area (TPSA) is 73.2 Å². The standard InChI is InChI=1S/C21H21N3O3/c1-27-17-10-8-15(9-11-17)20(14-6-7-14)23-19(25)13-24-21(26)18-5-3-2-4-16(18)12-22-24/h2-5,8-12,14,20H,6-7,13H2,1H3,(H,23,25). The van der Waals surface area contributed by atoms with Crippen LogP contribution in [0.5, 0.6) is 5.75 Å². The largest absolute Gasteiger partial charge is 0.497 e. The minimum absolute atomic E-state index is 0.0560. The van der Waals surface area contributed by atoms with Gasteiger partial charge in [-0.05, 0) is 42.5 Å². The maximum atomic E-state index is 12.6. The second-order valence-electron chi connectivity index (χ2n) is 6.85. The van der Waals surface area contributed by atoms with Gasteiger partial charge in [0.1, 0.15) is 12.3 Å². The van der Waals surface area contributed by atoms with Gasteiger partial charge in [0.25, 0.3) is 5.56 Å². The minimum Gasteiger partial charge on any atom is -0.497 e. The number of fused-ring (bicyclic) bond motifs is 1. The molecule has 3 aromatic rings. The molecule has 27 heavy (non-hydrogen) atoms. The lowest BCUT2D eigenvalue weighted by Crippen LogP contribution is -2.36. The Balaban J connectivity index is 1.52. The van der Waals surface area contributed by atoms with Gasteiger partial charge in [0.15, 0.2) is 0 Å². The average molecular weight is 363 g/mol. The molecule has 1 aliphatic carbocycles. The van der Waals surface area contributed by atoms with E-state index in [1.165, 1.54) is 4.68 Å². The molecule has 1 N–H and O–H groups in total. The first-order chi connectivity index (χ1) is 13.2. The summed E-state index contributed by atoms with van der Waals surface area (Å²) in [5.41, 5.74) is 0.793. The number of carbonyl (C=O) groups is 1. The van der Waals surface area contributed by atoms with Gasteiger partial charge in [-0.25, -0.2) is 4.68 Å². The van der Waals surface area contributed by atoms with E-state index in [0.717, 1.165) is 29.5 Å². The number of nitrogens with zero attached hydrogens (tertiary/aromatic N) is 2.